The van der Waals surface area contributed by atoms with E-state index in [0.717, 1.165) is 36.0 Å². The molecule has 0 aromatic carbocycles. The van der Waals surface area contributed by atoms with Gasteiger partial charge in [0.05, 0.1) is 17.6 Å². The first-order valence-corrected chi connectivity index (χ1v) is 11.8. The van der Waals surface area contributed by atoms with Gasteiger partial charge in [-0.1, -0.05) is 0 Å². The molecule has 1 saturated heterocycles. The fourth-order valence-electron chi connectivity index (χ4n) is 4.20. The third kappa shape index (κ3) is 3.81. The van der Waals surface area contributed by atoms with Crippen LogP contribution >= 0.6 is 0 Å². The van der Waals surface area contributed by atoms with Gasteiger partial charge in [0, 0.05) is 37.4 Å². The van der Waals surface area contributed by atoms with Crippen LogP contribution in [0, 0.1) is 13.8 Å². The summed E-state index contributed by atoms with van der Waals surface area (Å²) in [5.41, 5.74) is 3.54. The average molecular weight is 432 g/mol. The van der Waals surface area contributed by atoms with Crippen molar-refractivity contribution in [2.24, 2.45) is 0 Å². The summed E-state index contributed by atoms with van der Waals surface area (Å²) in [6, 6.07) is 0. The highest BCUT2D eigenvalue weighted by atomic mass is 32.2. The lowest BCUT2D eigenvalue weighted by molar-refractivity contribution is -0.132. The molecule has 3 aromatic rings. The van der Waals surface area contributed by atoms with E-state index in [1.165, 1.54) is 17.0 Å². The van der Waals surface area contributed by atoms with Crippen LogP contribution in [0.25, 0.3) is 5.78 Å². The van der Waals surface area contributed by atoms with E-state index in [2.05, 4.69) is 25.3 Å². The van der Waals surface area contributed by atoms with Gasteiger partial charge >= 0.3 is 0 Å². The minimum absolute atomic E-state index is 0.0597. The van der Waals surface area contributed by atoms with E-state index in [0.29, 0.717) is 37.4 Å². The number of aryl methyl sites for hydroxylation is 2. The molecule has 30 heavy (non-hydrogen) atoms. The number of piperidine rings is 1. The van der Waals surface area contributed by atoms with Crippen LogP contribution in [0.3, 0.4) is 0 Å². The lowest BCUT2D eigenvalue weighted by Crippen LogP contribution is -2.40. The van der Waals surface area contributed by atoms with Crippen molar-refractivity contribution < 1.29 is 13.2 Å². The van der Waals surface area contributed by atoms with Gasteiger partial charge in [0.15, 0.2) is 9.84 Å². The standard InChI is InChI=1S/C19H25N7O3S/c1-12-15(13(2)24-23-12)6-7-17(27)25-8-4-5-14(10-25)18-16(30(3,28)29)9-20-19-21-11-22-26(18)19/h9,11,14H,4-8,10H2,1-3H3,(H,23,24)/t14-/m0/s1. The number of aromatic amines is 1. The third-order valence-electron chi connectivity index (χ3n) is 5.74. The Bertz CT molecular complexity index is 1180. The van der Waals surface area contributed by atoms with E-state index in [9.17, 15) is 13.2 Å². The van der Waals surface area contributed by atoms with Crippen molar-refractivity contribution in [2.45, 2.75) is 50.3 Å². The van der Waals surface area contributed by atoms with Gasteiger partial charge in [0.2, 0.25) is 5.91 Å². The summed E-state index contributed by atoms with van der Waals surface area (Å²) in [6.45, 7) is 5.00. The SMILES string of the molecule is Cc1n[nH]c(C)c1CCC(=O)N1CCC[C@H](c2c(S(C)(=O)=O)cnc3ncnn23)C1. The van der Waals surface area contributed by atoms with Gasteiger partial charge in [0.1, 0.15) is 11.2 Å². The summed E-state index contributed by atoms with van der Waals surface area (Å²) in [7, 11) is -3.50. The molecule has 10 nitrogen and oxygen atoms in total. The van der Waals surface area contributed by atoms with Crippen molar-refractivity contribution in [3.8, 4) is 0 Å². The molecule has 0 saturated carbocycles. The first-order valence-electron chi connectivity index (χ1n) is 9.92. The number of aromatic nitrogens is 6. The number of hydrogen-bond donors (Lipinski definition) is 1. The van der Waals surface area contributed by atoms with Crippen molar-refractivity contribution in [3.05, 3.63) is 35.2 Å². The molecule has 4 rings (SSSR count). The Balaban J connectivity index is 1.57. The summed E-state index contributed by atoms with van der Waals surface area (Å²) in [5.74, 6) is 0.258. The maximum absolute atomic E-state index is 12.9. The zero-order valence-corrected chi connectivity index (χ0v) is 18.1. The van der Waals surface area contributed by atoms with Gasteiger partial charge in [-0.15, -0.1) is 0 Å². The molecular formula is C19H25N7O3S. The molecule has 1 aliphatic heterocycles. The molecule has 1 N–H and O–H groups in total. The molecule has 1 fully saturated rings. The van der Waals surface area contributed by atoms with Crippen LogP contribution < -0.4 is 0 Å². The number of amides is 1. The van der Waals surface area contributed by atoms with Crippen LogP contribution in [0.4, 0.5) is 0 Å². The molecule has 0 bridgehead atoms. The number of carbonyl (C=O) groups is 1. The molecule has 0 spiro atoms. The lowest BCUT2D eigenvalue weighted by Gasteiger charge is -2.33. The first-order chi connectivity index (χ1) is 14.3. The molecule has 0 aliphatic carbocycles. The first kappa shape index (κ1) is 20.5. The topological polar surface area (TPSA) is 126 Å². The van der Waals surface area contributed by atoms with Crippen LogP contribution in [-0.2, 0) is 21.1 Å². The Kier molecular flexibility index (Phi) is 5.31. The predicted octanol–water partition coefficient (Wildman–Crippen LogP) is 1.21. The maximum atomic E-state index is 12.9. The van der Waals surface area contributed by atoms with E-state index < -0.39 is 9.84 Å². The quantitative estimate of drug-likeness (QED) is 0.643. The summed E-state index contributed by atoms with van der Waals surface area (Å²) < 4.78 is 26.3. The van der Waals surface area contributed by atoms with E-state index in [-0.39, 0.29) is 16.7 Å². The minimum atomic E-state index is -3.50. The molecule has 1 aliphatic rings. The monoisotopic (exact) mass is 431 g/mol. The Morgan fingerprint density at radius 3 is 2.80 bits per heavy atom. The highest BCUT2D eigenvalue weighted by Gasteiger charge is 2.31. The molecule has 1 amide bonds. The number of sulfone groups is 1. The molecule has 0 unspecified atom stereocenters. The van der Waals surface area contributed by atoms with Crippen molar-refractivity contribution in [3.63, 3.8) is 0 Å². The number of H-pyrrole nitrogens is 1. The molecule has 0 radical (unpaired) electrons. The molecule has 1 atom stereocenters. The van der Waals surface area contributed by atoms with Crippen LogP contribution in [0.1, 0.15) is 47.8 Å². The summed E-state index contributed by atoms with van der Waals surface area (Å²) in [4.78, 5) is 23.1. The number of carbonyl (C=O) groups excluding carboxylic acids is 1. The second kappa shape index (κ2) is 7.78. The smallest absolute Gasteiger partial charge is 0.252 e. The summed E-state index contributed by atoms with van der Waals surface area (Å²) in [6.07, 6.45) is 6.46. The Hall–Kier alpha value is -2.82. The molecular weight excluding hydrogens is 406 g/mol. The van der Waals surface area contributed by atoms with E-state index in [4.69, 9.17) is 0 Å². The van der Waals surface area contributed by atoms with Crippen molar-refractivity contribution in [1.82, 2.24) is 34.7 Å². The van der Waals surface area contributed by atoms with Gasteiger partial charge in [-0.2, -0.15) is 19.7 Å². The highest BCUT2D eigenvalue weighted by molar-refractivity contribution is 7.90. The van der Waals surface area contributed by atoms with Crippen molar-refractivity contribution in [1.29, 1.82) is 0 Å². The molecule has 160 valence electrons. The van der Waals surface area contributed by atoms with E-state index in [1.54, 1.807) is 0 Å². The van der Waals surface area contributed by atoms with Gasteiger partial charge in [-0.25, -0.2) is 13.4 Å². The minimum Gasteiger partial charge on any atom is -0.342 e. The fraction of sp³-hybridized carbons (Fsp3) is 0.526. The summed E-state index contributed by atoms with van der Waals surface area (Å²) in [5, 5.41) is 11.3. The highest BCUT2D eigenvalue weighted by Crippen LogP contribution is 2.31. The second-order valence-electron chi connectivity index (χ2n) is 7.84. The number of hydrogen-bond acceptors (Lipinski definition) is 7. The summed E-state index contributed by atoms with van der Waals surface area (Å²) >= 11 is 0. The number of rotatable bonds is 5. The zero-order chi connectivity index (χ0) is 21.5. The van der Waals surface area contributed by atoms with Crippen molar-refractivity contribution in [2.75, 3.05) is 19.3 Å². The predicted molar refractivity (Wildman–Crippen MR) is 109 cm³/mol. The second-order valence-corrected chi connectivity index (χ2v) is 9.83. The maximum Gasteiger partial charge on any atom is 0.252 e. The molecule has 11 heteroatoms. The Labute approximate surface area is 174 Å². The third-order valence-corrected chi connectivity index (χ3v) is 6.85. The average Bonchev–Trinajstić information content (AvgIpc) is 3.31. The van der Waals surface area contributed by atoms with Gasteiger partial charge in [-0.3, -0.25) is 9.89 Å². The zero-order valence-electron chi connectivity index (χ0n) is 17.3. The van der Waals surface area contributed by atoms with E-state index >= 15 is 0 Å². The molecule has 3 aromatic heterocycles. The Morgan fingerprint density at radius 1 is 1.30 bits per heavy atom. The number of nitrogens with one attached hydrogen (secondary N) is 1. The Morgan fingerprint density at radius 2 is 2.10 bits per heavy atom. The van der Waals surface area contributed by atoms with Crippen LogP contribution in [-0.4, -0.2) is 68.3 Å². The normalized spacial score (nSPS) is 17.6. The van der Waals surface area contributed by atoms with Gasteiger partial charge < -0.3 is 4.90 Å². The lowest BCUT2D eigenvalue weighted by atomic mass is 9.94. The van der Waals surface area contributed by atoms with Gasteiger partial charge in [0.25, 0.3) is 5.78 Å². The van der Waals surface area contributed by atoms with Gasteiger partial charge in [-0.05, 0) is 38.7 Å². The fourth-order valence-corrected chi connectivity index (χ4v) is 5.08. The largest absolute Gasteiger partial charge is 0.342 e. The van der Waals surface area contributed by atoms with Crippen LogP contribution in [0.15, 0.2) is 17.4 Å². The van der Waals surface area contributed by atoms with Crippen molar-refractivity contribution >= 4 is 21.5 Å². The number of nitrogens with zero attached hydrogens (tertiary/aromatic N) is 6. The number of likely N-dealkylation sites (tertiary alicyclic amines) is 1. The van der Waals surface area contributed by atoms with Crippen LogP contribution in [0.2, 0.25) is 0 Å². The van der Waals surface area contributed by atoms with Crippen LogP contribution in [0.5, 0.6) is 0 Å². The van der Waals surface area contributed by atoms with E-state index in [1.807, 2.05) is 18.7 Å². The molecule has 4 heterocycles. The number of fused-ring (bicyclic) bond motifs is 1.